The van der Waals surface area contributed by atoms with Crippen molar-refractivity contribution in [3.05, 3.63) is 25.3 Å². The molecular weight excluding hydrogens is 432 g/mol. The molecule has 0 aliphatic carbocycles. The average Bonchev–Trinajstić information content (AvgIpc) is 2.72. The molecule has 170 valence electrons. The van der Waals surface area contributed by atoms with Crippen LogP contribution >= 0.6 is 23.5 Å². The highest BCUT2D eigenvalue weighted by atomic mass is 32.2. The molecule has 0 aliphatic rings. The molecule has 10 heteroatoms. The number of hydrogen-bond acceptors (Lipinski definition) is 10. The number of hydrogen-bond donors (Lipinski definition) is 0. The first-order chi connectivity index (χ1) is 14.4. The van der Waals surface area contributed by atoms with Gasteiger partial charge in [0.25, 0.3) is 0 Å². The van der Waals surface area contributed by atoms with Crippen molar-refractivity contribution in [2.75, 3.05) is 36.2 Å². The van der Waals surface area contributed by atoms with Gasteiger partial charge in [0, 0.05) is 35.2 Å². The Kier molecular flexibility index (Phi) is 16.7. The van der Waals surface area contributed by atoms with Gasteiger partial charge >= 0.3 is 23.9 Å². The molecule has 8 nitrogen and oxygen atoms in total. The molecular formula is C20H30O8S2. The highest BCUT2D eigenvalue weighted by Gasteiger charge is 2.28. The fourth-order valence-corrected chi connectivity index (χ4v) is 3.99. The Morgan fingerprint density at radius 1 is 0.767 bits per heavy atom. The third-order valence-corrected chi connectivity index (χ3v) is 5.47. The Labute approximate surface area is 186 Å². The van der Waals surface area contributed by atoms with Crippen molar-refractivity contribution in [2.24, 2.45) is 0 Å². The average molecular weight is 463 g/mol. The molecule has 0 N–H and O–H groups in total. The Morgan fingerprint density at radius 2 is 1.13 bits per heavy atom. The number of ether oxygens (including phenoxy) is 4. The zero-order chi connectivity index (χ0) is 22.8. The quantitative estimate of drug-likeness (QED) is 0.139. The van der Waals surface area contributed by atoms with Crippen molar-refractivity contribution >= 4 is 47.4 Å². The summed E-state index contributed by atoms with van der Waals surface area (Å²) in [5.74, 6) is -0.413. The van der Waals surface area contributed by atoms with E-state index in [2.05, 4.69) is 13.2 Å². The maximum Gasteiger partial charge on any atom is 0.330 e. The molecule has 0 spiro atoms. The van der Waals surface area contributed by atoms with E-state index in [4.69, 9.17) is 18.9 Å². The Morgan fingerprint density at radius 3 is 1.43 bits per heavy atom. The van der Waals surface area contributed by atoms with Gasteiger partial charge in [-0.05, 0) is 13.8 Å². The van der Waals surface area contributed by atoms with E-state index in [9.17, 15) is 19.2 Å². The first-order valence-electron chi connectivity index (χ1n) is 9.50. The molecule has 2 atom stereocenters. The topological polar surface area (TPSA) is 105 Å². The van der Waals surface area contributed by atoms with Gasteiger partial charge in [-0.3, -0.25) is 9.59 Å². The minimum atomic E-state index is -0.762. The van der Waals surface area contributed by atoms with Crippen molar-refractivity contribution in [1.29, 1.82) is 0 Å². The van der Waals surface area contributed by atoms with Crippen LogP contribution in [0.3, 0.4) is 0 Å². The summed E-state index contributed by atoms with van der Waals surface area (Å²) in [6.07, 6.45) is 0.953. The van der Waals surface area contributed by atoms with Crippen molar-refractivity contribution in [2.45, 2.75) is 38.9 Å². The third kappa shape index (κ3) is 14.1. The fraction of sp³-hybridized carbons (Fsp3) is 0.600. The van der Waals surface area contributed by atoms with Crippen LogP contribution < -0.4 is 0 Å². The minimum Gasteiger partial charge on any atom is -0.466 e. The fourth-order valence-electron chi connectivity index (χ4n) is 2.01. The van der Waals surface area contributed by atoms with Crippen molar-refractivity contribution in [1.82, 2.24) is 0 Å². The lowest BCUT2D eigenvalue weighted by Gasteiger charge is -2.26. The number of esters is 4. The Bertz CT molecular complexity index is 529. The van der Waals surface area contributed by atoms with Gasteiger partial charge in [-0.15, -0.1) is 0 Å². The van der Waals surface area contributed by atoms with Gasteiger partial charge in [0.05, 0.1) is 26.1 Å². The first kappa shape index (κ1) is 28.1. The van der Waals surface area contributed by atoms with Crippen LogP contribution in [0.15, 0.2) is 25.3 Å². The molecule has 0 aromatic rings. The van der Waals surface area contributed by atoms with Gasteiger partial charge in [-0.2, -0.15) is 23.5 Å². The molecule has 0 radical (unpaired) electrons. The van der Waals surface area contributed by atoms with Crippen molar-refractivity contribution in [3.63, 3.8) is 0 Å². The lowest BCUT2D eigenvalue weighted by molar-refractivity contribution is -0.158. The molecule has 0 heterocycles. The molecule has 2 unspecified atom stereocenters. The maximum atomic E-state index is 11.7. The van der Waals surface area contributed by atoms with Crippen LogP contribution in [0.5, 0.6) is 0 Å². The van der Waals surface area contributed by atoms with Gasteiger partial charge in [-0.25, -0.2) is 9.59 Å². The Balaban J connectivity index is 4.91. The predicted octanol–water partition coefficient (Wildman–Crippen LogP) is 2.55. The maximum absolute atomic E-state index is 11.7. The number of carbonyl (C=O) groups is 4. The molecule has 0 aliphatic heterocycles. The van der Waals surface area contributed by atoms with Crippen LogP contribution in [-0.2, 0) is 38.1 Å². The van der Waals surface area contributed by atoms with Gasteiger partial charge < -0.3 is 18.9 Å². The zero-order valence-corrected chi connectivity index (χ0v) is 19.1. The SMILES string of the molecule is C=CC(=O)OC(CSCCC(=O)OCC)C(CSCCC(=O)OCC)OC(=O)C=C. The van der Waals surface area contributed by atoms with Gasteiger partial charge in [-0.1, -0.05) is 13.2 Å². The lowest BCUT2D eigenvalue weighted by Crippen LogP contribution is -2.38. The molecule has 0 fully saturated rings. The van der Waals surface area contributed by atoms with Gasteiger partial charge in [0.15, 0.2) is 0 Å². The monoisotopic (exact) mass is 462 g/mol. The third-order valence-electron chi connectivity index (χ3n) is 3.36. The van der Waals surface area contributed by atoms with Crippen LogP contribution in [-0.4, -0.2) is 72.3 Å². The summed E-state index contributed by atoms with van der Waals surface area (Å²) < 4.78 is 20.5. The number of thioether (sulfide) groups is 2. The number of carbonyl (C=O) groups excluding carboxylic acids is 4. The van der Waals surface area contributed by atoms with Crippen LogP contribution in [0.4, 0.5) is 0 Å². The molecule has 30 heavy (non-hydrogen) atoms. The van der Waals surface area contributed by atoms with Crippen LogP contribution in [0.1, 0.15) is 26.7 Å². The number of rotatable bonds is 17. The summed E-state index contributed by atoms with van der Waals surface area (Å²) in [5.41, 5.74) is 0. The molecule has 0 bridgehead atoms. The smallest absolute Gasteiger partial charge is 0.330 e. The summed E-state index contributed by atoms with van der Waals surface area (Å²) in [7, 11) is 0. The summed E-state index contributed by atoms with van der Waals surface area (Å²) >= 11 is 2.74. The van der Waals surface area contributed by atoms with E-state index in [0.29, 0.717) is 36.2 Å². The first-order valence-corrected chi connectivity index (χ1v) is 11.8. The summed E-state index contributed by atoms with van der Waals surface area (Å²) in [6.45, 7) is 10.8. The molecule has 0 rings (SSSR count). The van der Waals surface area contributed by atoms with Crippen LogP contribution in [0.25, 0.3) is 0 Å². The van der Waals surface area contributed by atoms with Crippen LogP contribution in [0, 0.1) is 0 Å². The zero-order valence-electron chi connectivity index (χ0n) is 17.5. The van der Waals surface area contributed by atoms with Crippen molar-refractivity contribution in [3.8, 4) is 0 Å². The second-order valence-corrected chi connectivity index (χ2v) is 7.92. The van der Waals surface area contributed by atoms with E-state index in [1.54, 1.807) is 13.8 Å². The molecule has 0 saturated carbocycles. The van der Waals surface area contributed by atoms with E-state index in [1.165, 1.54) is 23.5 Å². The van der Waals surface area contributed by atoms with E-state index in [1.807, 2.05) is 0 Å². The van der Waals surface area contributed by atoms with Crippen molar-refractivity contribution < 1.29 is 38.1 Å². The summed E-state index contributed by atoms with van der Waals surface area (Å²) in [6, 6.07) is 0. The molecule has 0 aromatic carbocycles. The highest BCUT2D eigenvalue weighted by Crippen LogP contribution is 2.19. The molecule has 0 aromatic heterocycles. The van der Waals surface area contributed by atoms with Gasteiger partial charge in [0.2, 0.25) is 0 Å². The second kappa shape index (κ2) is 17.9. The normalized spacial score (nSPS) is 12.2. The molecule has 0 saturated heterocycles. The van der Waals surface area contributed by atoms with E-state index in [-0.39, 0.29) is 24.8 Å². The minimum absolute atomic E-state index is 0.214. The van der Waals surface area contributed by atoms with E-state index >= 15 is 0 Å². The van der Waals surface area contributed by atoms with E-state index < -0.39 is 24.1 Å². The van der Waals surface area contributed by atoms with Crippen LogP contribution in [0.2, 0.25) is 0 Å². The predicted molar refractivity (Wildman–Crippen MR) is 117 cm³/mol. The summed E-state index contributed by atoms with van der Waals surface area (Å²) in [4.78, 5) is 46.4. The Hall–Kier alpha value is -1.94. The standard InChI is InChI=1S/C20H30O8S2/c1-5-17(21)27-15(13-29-11-9-19(23)25-7-3)16(28-18(22)6-2)14-30-12-10-20(24)26-8-4/h5-6,15-16H,1-2,7-14H2,3-4H3. The summed E-state index contributed by atoms with van der Waals surface area (Å²) in [5, 5.41) is 0. The largest absolute Gasteiger partial charge is 0.466 e. The molecule has 0 amide bonds. The lowest BCUT2D eigenvalue weighted by atomic mass is 10.2. The highest BCUT2D eigenvalue weighted by molar-refractivity contribution is 7.99. The van der Waals surface area contributed by atoms with Gasteiger partial charge in [0.1, 0.15) is 12.2 Å². The van der Waals surface area contributed by atoms with E-state index in [0.717, 1.165) is 12.2 Å². The second-order valence-electron chi connectivity index (χ2n) is 5.62.